The number of anilines is 1. The molecule has 8 heteroatoms. The number of ether oxygens (including phenoxy) is 2. The fourth-order valence-electron chi connectivity index (χ4n) is 3.79. The number of thioether (sulfide) groups is 1. The van der Waals surface area contributed by atoms with Gasteiger partial charge in [-0.3, -0.25) is 4.79 Å². The highest BCUT2D eigenvalue weighted by atomic mass is 32.2. The topological polar surface area (TPSA) is 93.6 Å². The van der Waals surface area contributed by atoms with Crippen LogP contribution in [0.15, 0.2) is 72.1 Å². The lowest BCUT2D eigenvalue weighted by Gasteiger charge is -2.41. The van der Waals surface area contributed by atoms with Crippen molar-refractivity contribution < 1.29 is 19.4 Å². The molecule has 4 rings (SSSR count). The van der Waals surface area contributed by atoms with Gasteiger partial charge in [-0.15, -0.1) is 0 Å². The van der Waals surface area contributed by atoms with Crippen LogP contribution in [-0.2, 0) is 20.9 Å². The Morgan fingerprint density at radius 2 is 1.82 bits per heavy atom. The van der Waals surface area contributed by atoms with Gasteiger partial charge in [-0.05, 0) is 29.3 Å². The molecule has 0 unspecified atom stereocenters. The van der Waals surface area contributed by atoms with E-state index in [2.05, 4.69) is 22.2 Å². The molecule has 4 atom stereocenters. The minimum atomic E-state index is -0.597. The number of aliphatic hydroxyl groups is 1. The fraction of sp³-hybridized carbons (Fsp3) is 0.320. The van der Waals surface area contributed by atoms with Crippen molar-refractivity contribution in [1.29, 1.82) is 0 Å². The van der Waals surface area contributed by atoms with Crippen molar-refractivity contribution in [2.45, 2.75) is 44.1 Å². The summed E-state index contributed by atoms with van der Waals surface area (Å²) in [6, 6.07) is 17.1. The standard InChI is InChI=1S/C25H27N3O4S/c1-16-22(15-33-25-26-11-4-12-27-25)31-24(20-5-3-6-21(13-20)28-17(2)30)32-23(16)19-9-7-18(14-29)8-10-19/h3-13,16,22-24,29H,14-15H2,1-2H3,(H,28,30)/t16-,22+,23+,24+/m1/s1. The van der Waals surface area contributed by atoms with Crippen molar-refractivity contribution >= 4 is 23.4 Å². The van der Waals surface area contributed by atoms with Crippen molar-refractivity contribution in [2.24, 2.45) is 5.92 Å². The second kappa shape index (κ2) is 10.9. The molecule has 1 aromatic heterocycles. The number of nitrogens with zero attached hydrogens (tertiary/aromatic N) is 2. The Bertz CT molecular complexity index is 1060. The summed E-state index contributed by atoms with van der Waals surface area (Å²) in [6.07, 6.45) is 2.53. The summed E-state index contributed by atoms with van der Waals surface area (Å²) in [5.74, 6) is 0.600. The maximum Gasteiger partial charge on any atom is 0.221 e. The maximum atomic E-state index is 11.5. The first-order valence-electron chi connectivity index (χ1n) is 10.8. The molecule has 172 valence electrons. The van der Waals surface area contributed by atoms with Gasteiger partial charge >= 0.3 is 0 Å². The highest BCUT2D eigenvalue weighted by Crippen LogP contribution is 2.43. The van der Waals surface area contributed by atoms with Crippen LogP contribution in [0, 0.1) is 5.92 Å². The molecule has 2 aromatic carbocycles. The molecule has 2 heterocycles. The zero-order valence-electron chi connectivity index (χ0n) is 18.5. The summed E-state index contributed by atoms with van der Waals surface area (Å²) in [5.41, 5.74) is 3.40. The second-order valence-corrected chi connectivity index (χ2v) is 8.96. The van der Waals surface area contributed by atoms with Gasteiger partial charge in [0.1, 0.15) is 0 Å². The number of benzene rings is 2. The van der Waals surface area contributed by atoms with E-state index in [0.717, 1.165) is 16.7 Å². The van der Waals surface area contributed by atoms with Crippen LogP contribution >= 0.6 is 11.8 Å². The van der Waals surface area contributed by atoms with Crippen molar-refractivity contribution in [1.82, 2.24) is 9.97 Å². The largest absolute Gasteiger partial charge is 0.392 e. The number of hydrogen-bond acceptors (Lipinski definition) is 7. The first-order valence-corrected chi connectivity index (χ1v) is 11.8. The number of aromatic nitrogens is 2. The third kappa shape index (κ3) is 5.97. The van der Waals surface area contributed by atoms with Gasteiger partial charge in [-0.1, -0.05) is 55.1 Å². The Morgan fingerprint density at radius 3 is 2.52 bits per heavy atom. The number of amides is 1. The van der Waals surface area contributed by atoms with Gasteiger partial charge in [-0.25, -0.2) is 9.97 Å². The number of rotatable bonds is 7. The van der Waals surface area contributed by atoms with Crippen LogP contribution in [0.1, 0.15) is 42.9 Å². The third-order valence-corrected chi connectivity index (χ3v) is 6.49. The Morgan fingerprint density at radius 1 is 1.06 bits per heavy atom. The van der Waals surface area contributed by atoms with Crippen LogP contribution in [0.5, 0.6) is 0 Å². The molecule has 0 bridgehead atoms. The molecule has 0 aliphatic carbocycles. The lowest BCUT2D eigenvalue weighted by molar-refractivity contribution is -0.268. The van der Waals surface area contributed by atoms with Crippen molar-refractivity contribution in [3.8, 4) is 0 Å². The molecular weight excluding hydrogens is 438 g/mol. The normalized spacial score (nSPS) is 22.6. The van der Waals surface area contributed by atoms with E-state index in [9.17, 15) is 9.90 Å². The molecular formula is C25H27N3O4S. The van der Waals surface area contributed by atoms with Crippen LogP contribution in [0.4, 0.5) is 5.69 Å². The monoisotopic (exact) mass is 465 g/mol. The number of nitrogens with one attached hydrogen (secondary N) is 1. The lowest BCUT2D eigenvalue weighted by atomic mass is 9.91. The first kappa shape index (κ1) is 23.4. The molecule has 0 saturated carbocycles. The minimum absolute atomic E-state index is 0.000620. The van der Waals surface area contributed by atoms with Crippen LogP contribution in [0.3, 0.4) is 0 Å². The Labute approximate surface area is 197 Å². The highest BCUT2D eigenvalue weighted by Gasteiger charge is 2.38. The average Bonchev–Trinajstić information content (AvgIpc) is 2.84. The van der Waals surface area contributed by atoms with E-state index in [1.165, 1.54) is 6.92 Å². The molecule has 3 aromatic rings. The summed E-state index contributed by atoms with van der Waals surface area (Å²) >= 11 is 1.55. The van der Waals surface area contributed by atoms with Crippen LogP contribution in [0.2, 0.25) is 0 Å². The van der Waals surface area contributed by atoms with E-state index in [4.69, 9.17) is 9.47 Å². The molecule has 0 radical (unpaired) electrons. The summed E-state index contributed by atoms with van der Waals surface area (Å²) < 4.78 is 12.9. The predicted molar refractivity (Wildman–Crippen MR) is 126 cm³/mol. The zero-order valence-corrected chi connectivity index (χ0v) is 19.4. The number of hydrogen-bond donors (Lipinski definition) is 2. The van der Waals surface area contributed by atoms with E-state index in [-0.39, 0.29) is 30.6 Å². The molecule has 7 nitrogen and oxygen atoms in total. The van der Waals surface area contributed by atoms with Crippen molar-refractivity contribution in [2.75, 3.05) is 11.1 Å². The van der Waals surface area contributed by atoms with E-state index in [1.54, 1.807) is 30.2 Å². The van der Waals surface area contributed by atoms with Gasteiger partial charge in [0.05, 0.1) is 18.8 Å². The van der Waals surface area contributed by atoms with Crippen molar-refractivity contribution in [3.63, 3.8) is 0 Å². The molecule has 1 aliphatic rings. The molecule has 1 saturated heterocycles. The predicted octanol–water partition coefficient (Wildman–Crippen LogP) is 4.51. The highest BCUT2D eigenvalue weighted by molar-refractivity contribution is 7.99. The average molecular weight is 466 g/mol. The number of carbonyl (C=O) groups is 1. The maximum absolute atomic E-state index is 11.5. The fourth-order valence-corrected chi connectivity index (χ4v) is 4.76. The van der Waals surface area contributed by atoms with E-state index < -0.39 is 6.29 Å². The summed E-state index contributed by atoms with van der Waals surface area (Å²) in [7, 11) is 0. The second-order valence-electron chi connectivity index (χ2n) is 7.97. The summed E-state index contributed by atoms with van der Waals surface area (Å²) in [4.78, 5) is 20.1. The first-order chi connectivity index (χ1) is 16.0. The van der Waals surface area contributed by atoms with E-state index in [0.29, 0.717) is 16.6 Å². The third-order valence-electron chi connectivity index (χ3n) is 5.52. The lowest BCUT2D eigenvalue weighted by Crippen LogP contribution is -2.38. The van der Waals surface area contributed by atoms with E-state index >= 15 is 0 Å². The van der Waals surface area contributed by atoms with Crippen LogP contribution in [0.25, 0.3) is 0 Å². The molecule has 0 spiro atoms. The van der Waals surface area contributed by atoms with Crippen molar-refractivity contribution in [3.05, 3.63) is 83.7 Å². The van der Waals surface area contributed by atoms with Gasteiger partial charge in [0, 0.05) is 42.2 Å². The van der Waals surface area contributed by atoms with E-state index in [1.807, 2.05) is 48.5 Å². The van der Waals surface area contributed by atoms with Gasteiger partial charge in [0.15, 0.2) is 11.4 Å². The Hall–Kier alpha value is -2.78. The van der Waals surface area contributed by atoms with Crippen LogP contribution in [-0.4, -0.2) is 32.8 Å². The minimum Gasteiger partial charge on any atom is -0.392 e. The summed E-state index contributed by atoms with van der Waals surface area (Å²) in [6.45, 7) is 3.60. The number of carbonyl (C=O) groups excluding carboxylic acids is 1. The zero-order chi connectivity index (χ0) is 23.2. The van der Waals surface area contributed by atoms with Gasteiger partial charge in [0.25, 0.3) is 0 Å². The molecule has 2 N–H and O–H groups in total. The SMILES string of the molecule is CC(=O)Nc1cccc([C@H]2O[C@@H](CSc3ncccn3)[C@@H](C)[C@@H](c3ccc(CO)cc3)O2)c1. The number of aliphatic hydroxyl groups excluding tert-OH is 1. The Balaban J connectivity index is 1.60. The van der Waals surface area contributed by atoms with Gasteiger partial charge in [0.2, 0.25) is 5.91 Å². The van der Waals surface area contributed by atoms with Gasteiger partial charge in [-0.2, -0.15) is 0 Å². The molecule has 1 fully saturated rings. The van der Waals surface area contributed by atoms with Gasteiger partial charge < -0.3 is 19.9 Å². The van der Waals surface area contributed by atoms with Crippen LogP contribution < -0.4 is 5.32 Å². The quantitative estimate of drug-likeness (QED) is 0.392. The molecule has 33 heavy (non-hydrogen) atoms. The molecule has 1 amide bonds. The summed E-state index contributed by atoms with van der Waals surface area (Å²) in [5, 5.41) is 12.9. The Kier molecular flexibility index (Phi) is 7.72. The molecule has 1 aliphatic heterocycles. The smallest absolute Gasteiger partial charge is 0.221 e.